The number of nitrogens with zero attached hydrogens (tertiary/aromatic N) is 1. The Labute approximate surface area is 144 Å². The van der Waals surface area contributed by atoms with Gasteiger partial charge >= 0.3 is 5.97 Å². The molecule has 3 N–H and O–H groups in total. The molecule has 1 aromatic carbocycles. The quantitative estimate of drug-likeness (QED) is 0.281. The first-order chi connectivity index (χ1) is 11.7. The van der Waals surface area contributed by atoms with Gasteiger partial charge in [-0.05, 0) is 18.9 Å². The molecule has 0 heterocycles. The zero-order chi connectivity index (χ0) is 17.6. The molecule has 6 nitrogen and oxygen atoms in total. The van der Waals surface area contributed by atoms with Crippen LogP contribution in [0.2, 0.25) is 0 Å². The van der Waals surface area contributed by atoms with Crippen molar-refractivity contribution in [2.75, 3.05) is 26.1 Å². The van der Waals surface area contributed by atoms with Crippen molar-refractivity contribution in [3.63, 3.8) is 0 Å². The highest BCUT2D eigenvalue weighted by Gasteiger charge is 2.02. The molecule has 0 saturated carbocycles. The van der Waals surface area contributed by atoms with E-state index < -0.39 is 0 Å². The Hall–Kier alpha value is -2.08. The maximum Gasteiger partial charge on any atom is 0.305 e. The number of methoxy groups -OCH3 is 2. The lowest BCUT2D eigenvalue weighted by atomic mass is 10.1. The maximum atomic E-state index is 11.0. The predicted octanol–water partition coefficient (Wildman–Crippen LogP) is 3.07. The molecule has 1 aromatic rings. The molecule has 0 aliphatic carbocycles. The fourth-order valence-electron chi connectivity index (χ4n) is 2.31. The van der Waals surface area contributed by atoms with Crippen molar-refractivity contribution in [1.29, 1.82) is 0 Å². The molecule has 0 atom stereocenters. The third-order valence-electron chi connectivity index (χ3n) is 3.63. The second kappa shape index (κ2) is 12.4. The number of rotatable bonds is 11. The summed E-state index contributed by atoms with van der Waals surface area (Å²) in [6.45, 7) is 1.23. The number of carbonyl (C=O) groups is 1. The largest absolute Gasteiger partial charge is 0.469 e. The molecule has 0 aliphatic heterocycles. The van der Waals surface area contributed by atoms with Gasteiger partial charge in [-0.2, -0.15) is 0 Å². The van der Waals surface area contributed by atoms with E-state index in [-0.39, 0.29) is 5.97 Å². The molecule has 1 rings (SSSR count). The van der Waals surface area contributed by atoms with Crippen molar-refractivity contribution in [1.82, 2.24) is 0 Å². The minimum absolute atomic E-state index is 0.132. The molecule has 134 valence electrons. The summed E-state index contributed by atoms with van der Waals surface area (Å²) in [7, 11) is 3.09. The van der Waals surface area contributed by atoms with E-state index in [1.807, 2.05) is 24.3 Å². The Morgan fingerprint density at radius 2 is 1.83 bits per heavy atom. The van der Waals surface area contributed by atoms with Crippen LogP contribution >= 0.6 is 0 Å². The summed E-state index contributed by atoms with van der Waals surface area (Å²) in [5.74, 6) is 0.288. The average Bonchev–Trinajstić information content (AvgIpc) is 2.59. The van der Waals surface area contributed by atoms with E-state index in [9.17, 15) is 4.79 Å². The highest BCUT2D eigenvalue weighted by Crippen LogP contribution is 2.15. The number of para-hydroxylation sites is 1. The number of aliphatic imine (C=N–C) groups is 1. The number of guanidine groups is 1. The minimum atomic E-state index is -0.132. The number of carbonyl (C=O) groups excluding carboxylic acids is 1. The summed E-state index contributed by atoms with van der Waals surface area (Å²) in [4.78, 5) is 15.3. The van der Waals surface area contributed by atoms with E-state index in [0.29, 0.717) is 25.5 Å². The molecule has 0 aromatic heterocycles. The third kappa shape index (κ3) is 8.53. The van der Waals surface area contributed by atoms with Gasteiger partial charge in [0.1, 0.15) is 0 Å². The van der Waals surface area contributed by atoms with E-state index in [4.69, 9.17) is 10.5 Å². The van der Waals surface area contributed by atoms with Crippen LogP contribution in [0.1, 0.15) is 44.1 Å². The molecule has 0 aliphatic rings. The molecular weight excluding hydrogens is 306 g/mol. The van der Waals surface area contributed by atoms with Crippen LogP contribution in [-0.2, 0) is 20.9 Å². The molecule has 6 heteroatoms. The average molecular weight is 335 g/mol. The fraction of sp³-hybridized carbons (Fsp3) is 0.556. The number of ether oxygens (including phenoxy) is 2. The standard InChI is InChI=1S/C18H29N3O3/c1-23-14-15-10-7-8-11-16(15)21-18(19)20-13-9-5-3-4-6-12-17(22)24-2/h7-8,10-11H,3-6,9,12-14H2,1-2H3,(H3,19,20,21). The number of benzene rings is 1. The Morgan fingerprint density at radius 3 is 2.58 bits per heavy atom. The number of hydrogen-bond acceptors (Lipinski definition) is 4. The minimum Gasteiger partial charge on any atom is -0.469 e. The molecule has 0 spiro atoms. The van der Waals surface area contributed by atoms with E-state index in [2.05, 4.69) is 15.0 Å². The number of nitrogens with two attached hydrogens (primary N) is 1. The van der Waals surface area contributed by atoms with Crippen LogP contribution in [0, 0.1) is 0 Å². The summed E-state index contributed by atoms with van der Waals surface area (Å²) < 4.78 is 9.78. The first-order valence-corrected chi connectivity index (χ1v) is 8.38. The van der Waals surface area contributed by atoms with Crippen molar-refractivity contribution >= 4 is 17.6 Å². The van der Waals surface area contributed by atoms with Gasteiger partial charge < -0.3 is 20.5 Å². The van der Waals surface area contributed by atoms with Gasteiger partial charge in [0.15, 0.2) is 5.96 Å². The van der Waals surface area contributed by atoms with E-state index in [0.717, 1.165) is 43.4 Å². The molecule has 24 heavy (non-hydrogen) atoms. The molecule has 0 saturated heterocycles. The molecule has 0 amide bonds. The Balaban J connectivity index is 2.20. The highest BCUT2D eigenvalue weighted by atomic mass is 16.5. The van der Waals surface area contributed by atoms with Gasteiger partial charge in [0.25, 0.3) is 0 Å². The summed E-state index contributed by atoms with van der Waals surface area (Å²) in [6.07, 6.45) is 5.59. The summed E-state index contributed by atoms with van der Waals surface area (Å²) in [5.41, 5.74) is 7.89. The summed E-state index contributed by atoms with van der Waals surface area (Å²) >= 11 is 0. The van der Waals surface area contributed by atoms with Crippen LogP contribution in [-0.4, -0.2) is 32.7 Å². The Bertz CT molecular complexity index is 518. The summed E-state index contributed by atoms with van der Waals surface area (Å²) in [6, 6.07) is 7.86. The maximum absolute atomic E-state index is 11.0. The van der Waals surface area contributed by atoms with Gasteiger partial charge in [0.05, 0.1) is 13.7 Å². The molecule has 0 fully saturated rings. The van der Waals surface area contributed by atoms with Crippen molar-refractivity contribution < 1.29 is 14.3 Å². The van der Waals surface area contributed by atoms with Crippen LogP contribution in [0.3, 0.4) is 0 Å². The second-order valence-electron chi connectivity index (χ2n) is 5.58. The van der Waals surface area contributed by atoms with E-state index in [1.54, 1.807) is 7.11 Å². The van der Waals surface area contributed by atoms with Gasteiger partial charge in [-0.3, -0.25) is 9.79 Å². The number of hydrogen-bond donors (Lipinski definition) is 2. The van der Waals surface area contributed by atoms with Crippen molar-refractivity contribution in [3.05, 3.63) is 29.8 Å². The fourth-order valence-corrected chi connectivity index (χ4v) is 2.31. The molecule has 0 bridgehead atoms. The highest BCUT2D eigenvalue weighted by molar-refractivity contribution is 5.92. The first-order valence-electron chi connectivity index (χ1n) is 8.38. The van der Waals surface area contributed by atoms with E-state index in [1.165, 1.54) is 7.11 Å². The lowest BCUT2D eigenvalue weighted by Gasteiger charge is -2.10. The normalized spacial score (nSPS) is 11.3. The lowest BCUT2D eigenvalue weighted by Crippen LogP contribution is -2.23. The van der Waals surface area contributed by atoms with Gasteiger partial charge in [-0.25, -0.2) is 0 Å². The third-order valence-corrected chi connectivity index (χ3v) is 3.63. The van der Waals surface area contributed by atoms with Crippen LogP contribution in [0.25, 0.3) is 0 Å². The van der Waals surface area contributed by atoms with Crippen LogP contribution < -0.4 is 11.1 Å². The van der Waals surface area contributed by atoms with Gasteiger partial charge in [0, 0.05) is 31.3 Å². The van der Waals surface area contributed by atoms with Crippen LogP contribution in [0.5, 0.6) is 0 Å². The monoisotopic (exact) mass is 335 g/mol. The topological polar surface area (TPSA) is 85.9 Å². The number of anilines is 1. The zero-order valence-electron chi connectivity index (χ0n) is 14.7. The number of nitrogens with one attached hydrogen (secondary N) is 1. The van der Waals surface area contributed by atoms with Crippen LogP contribution in [0.15, 0.2) is 29.3 Å². The van der Waals surface area contributed by atoms with Crippen molar-refractivity contribution in [2.24, 2.45) is 10.7 Å². The number of esters is 1. The first kappa shape index (κ1) is 20.0. The van der Waals surface area contributed by atoms with E-state index >= 15 is 0 Å². The van der Waals surface area contributed by atoms with Gasteiger partial charge in [0.2, 0.25) is 0 Å². The smallest absolute Gasteiger partial charge is 0.305 e. The van der Waals surface area contributed by atoms with Crippen molar-refractivity contribution in [2.45, 2.75) is 45.1 Å². The zero-order valence-corrected chi connectivity index (χ0v) is 14.7. The molecular formula is C18H29N3O3. The van der Waals surface area contributed by atoms with Gasteiger partial charge in [-0.15, -0.1) is 0 Å². The Morgan fingerprint density at radius 1 is 1.12 bits per heavy atom. The summed E-state index contributed by atoms with van der Waals surface area (Å²) in [5, 5.41) is 3.12. The predicted molar refractivity (Wildman–Crippen MR) is 97.0 cm³/mol. The number of unbranched alkanes of at least 4 members (excludes halogenated alkanes) is 4. The second-order valence-corrected chi connectivity index (χ2v) is 5.58. The van der Waals surface area contributed by atoms with Gasteiger partial charge in [-0.1, -0.05) is 37.5 Å². The van der Waals surface area contributed by atoms with Crippen molar-refractivity contribution in [3.8, 4) is 0 Å². The SMILES string of the molecule is COCc1ccccc1NC(N)=NCCCCCCCC(=O)OC. The lowest BCUT2D eigenvalue weighted by molar-refractivity contribution is -0.140. The molecule has 0 radical (unpaired) electrons. The Kier molecular flexibility index (Phi) is 10.3. The van der Waals surface area contributed by atoms with Crippen LogP contribution in [0.4, 0.5) is 5.69 Å². The molecule has 0 unspecified atom stereocenters.